The summed E-state index contributed by atoms with van der Waals surface area (Å²) in [6.07, 6.45) is 1.45. The van der Waals surface area contributed by atoms with Gasteiger partial charge in [0.25, 0.3) is 0 Å². The van der Waals surface area contributed by atoms with Crippen molar-refractivity contribution in [1.82, 2.24) is 9.97 Å². The highest BCUT2D eigenvalue weighted by molar-refractivity contribution is 6.31. The predicted octanol–water partition coefficient (Wildman–Crippen LogP) is 4.72. The number of hydrogen-bond donors (Lipinski definition) is 3. The van der Waals surface area contributed by atoms with Gasteiger partial charge in [-0.05, 0) is 35.9 Å². The molecule has 0 radical (unpaired) electrons. The molecule has 2 aromatic carbocycles. The molecule has 122 valence electrons. The lowest BCUT2D eigenvalue weighted by atomic mass is 10.2. The average molecular weight is 360 g/mol. The fourth-order valence-electron chi connectivity index (χ4n) is 2.13. The van der Waals surface area contributed by atoms with Crippen molar-refractivity contribution in [2.45, 2.75) is 6.54 Å². The van der Waals surface area contributed by atoms with Crippen LogP contribution in [0.15, 0.2) is 54.9 Å². The molecule has 1 aromatic heterocycles. The molecule has 0 aliphatic rings. The SMILES string of the molecule is Nc1c(NCc2ccc(Cl)cc2)ncnc1Nc1cccc(Cl)c1. The molecule has 3 rings (SSSR count). The monoisotopic (exact) mass is 359 g/mol. The third kappa shape index (κ3) is 4.07. The quantitative estimate of drug-likeness (QED) is 0.614. The van der Waals surface area contributed by atoms with E-state index in [-0.39, 0.29) is 0 Å². The normalized spacial score (nSPS) is 10.4. The van der Waals surface area contributed by atoms with Gasteiger partial charge in [-0.2, -0.15) is 0 Å². The van der Waals surface area contributed by atoms with E-state index in [4.69, 9.17) is 28.9 Å². The molecule has 24 heavy (non-hydrogen) atoms. The Bertz CT molecular complexity index is 837. The van der Waals surface area contributed by atoms with E-state index in [2.05, 4.69) is 20.6 Å². The first-order valence-corrected chi connectivity index (χ1v) is 7.99. The van der Waals surface area contributed by atoms with Crippen LogP contribution in [0.4, 0.5) is 23.0 Å². The molecule has 0 spiro atoms. The second-order valence-electron chi connectivity index (χ2n) is 5.10. The molecule has 7 heteroatoms. The highest BCUT2D eigenvalue weighted by atomic mass is 35.5. The van der Waals surface area contributed by atoms with Crippen LogP contribution in [0.5, 0.6) is 0 Å². The van der Waals surface area contributed by atoms with Crippen LogP contribution < -0.4 is 16.4 Å². The molecule has 0 aliphatic heterocycles. The number of nitrogens with one attached hydrogen (secondary N) is 2. The van der Waals surface area contributed by atoms with Gasteiger partial charge in [-0.25, -0.2) is 9.97 Å². The van der Waals surface area contributed by atoms with Crippen molar-refractivity contribution in [1.29, 1.82) is 0 Å². The van der Waals surface area contributed by atoms with Crippen LogP contribution in [0.3, 0.4) is 0 Å². The van der Waals surface area contributed by atoms with E-state index >= 15 is 0 Å². The summed E-state index contributed by atoms with van der Waals surface area (Å²) in [6, 6.07) is 14.9. The number of aromatic nitrogens is 2. The minimum atomic E-state index is 0.437. The van der Waals surface area contributed by atoms with Crippen LogP contribution in [0.2, 0.25) is 10.0 Å². The number of nitrogens with two attached hydrogens (primary N) is 1. The molecule has 4 N–H and O–H groups in total. The number of hydrogen-bond acceptors (Lipinski definition) is 5. The van der Waals surface area contributed by atoms with E-state index in [0.29, 0.717) is 33.9 Å². The highest BCUT2D eigenvalue weighted by Crippen LogP contribution is 2.27. The lowest BCUT2D eigenvalue weighted by Gasteiger charge is -2.12. The Hall–Kier alpha value is -2.50. The summed E-state index contributed by atoms with van der Waals surface area (Å²) in [5, 5.41) is 7.68. The Morgan fingerprint density at radius 2 is 1.67 bits per heavy atom. The molecule has 0 unspecified atom stereocenters. The zero-order valence-electron chi connectivity index (χ0n) is 12.6. The van der Waals surface area contributed by atoms with Gasteiger partial charge in [-0.1, -0.05) is 41.4 Å². The Balaban J connectivity index is 1.74. The Labute approximate surface area is 149 Å². The first-order valence-electron chi connectivity index (χ1n) is 7.23. The van der Waals surface area contributed by atoms with Gasteiger partial charge in [0.1, 0.15) is 12.0 Å². The number of anilines is 4. The number of benzene rings is 2. The van der Waals surface area contributed by atoms with Crippen LogP contribution in [-0.2, 0) is 6.54 Å². The predicted molar refractivity (Wildman–Crippen MR) is 100.0 cm³/mol. The van der Waals surface area contributed by atoms with Gasteiger partial charge < -0.3 is 16.4 Å². The van der Waals surface area contributed by atoms with Crippen molar-refractivity contribution in [2.75, 3.05) is 16.4 Å². The molecule has 0 aliphatic carbocycles. The van der Waals surface area contributed by atoms with Gasteiger partial charge in [0.2, 0.25) is 0 Å². The van der Waals surface area contributed by atoms with Crippen molar-refractivity contribution in [3.8, 4) is 0 Å². The highest BCUT2D eigenvalue weighted by Gasteiger charge is 2.08. The van der Waals surface area contributed by atoms with Crippen LogP contribution in [0.25, 0.3) is 0 Å². The molecule has 0 amide bonds. The maximum atomic E-state index is 6.15. The topological polar surface area (TPSA) is 75.9 Å². The van der Waals surface area contributed by atoms with Crippen molar-refractivity contribution in [3.63, 3.8) is 0 Å². The number of rotatable bonds is 5. The van der Waals surface area contributed by atoms with Gasteiger partial charge in [0.05, 0.1) is 0 Å². The van der Waals surface area contributed by atoms with Gasteiger partial charge >= 0.3 is 0 Å². The Kier molecular flexibility index (Phi) is 5.03. The Morgan fingerprint density at radius 1 is 0.917 bits per heavy atom. The number of halogens is 2. The van der Waals surface area contributed by atoms with E-state index in [9.17, 15) is 0 Å². The molecule has 0 fully saturated rings. The summed E-state index contributed by atoms with van der Waals surface area (Å²) in [6.45, 7) is 0.578. The average Bonchev–Trinajstić information content (AvgIpc) is 2.57. The summed E-state index contributed by atoms with van der Waals surface area (Å²) < 4.78 is 0. The maximum Gasteiger partial charge on any atom is 0.159 e. The fourth-order valence-corrected chi connectivity index (χ4v) is 2.44. The van der Waals surface area contributed by atoms with Crippen molar-refractivity contribution < 1.29 is 0 Å². The maximum absolute atomic E-state index is 6.15. The zero-order chi connectivity index (χ0) is 16.9. The summed E-state index contributed by atoms with van der Waals surface area (Å²) in [5.74, 6) is 1.08. The van der Waals surface area contributed by atoms with E-state index in [1.165, 1.54) is 6.33 Å². The zero-order valence-corrected chi connectivity index (χ0v) is 14.1. The van der Waals surface area contributed by atoms with Gasteiger partial charge in [0.15, 0.2) is 11.6 Å². The molecule has 1 heterocycles. The van der Waals surface area contributed by atoms with Crippen molar-refractivity contribution >= 4 is 46.2 Å². The Morgan fingerprint density at radius 3 is 2.42 bits per heavy atom. The minimum Gasteiger partial charge on any atom is -0.393 e. The summed E-state index contributed by atoms with van der Waals surface area (Å²) in [4.78, 5) is 8.37. The largest absolute Gasteiger partial charge is 0.393 e. The van der Waals surface area contributed by atoms with Gasteiger partial charge in [-0.3, -0.25) is 0 Å². The van der Waals surface area contributed by atoms with Crippen LogP contribution in [0, 0.1) is 0 Å². The summed E-state index contributed by atoms with van der Waals surface area (Å²) in [5.41, 5.74) is 8.46. The summed E-state index contributed by atoms with van der Waals surface area (Å²) in [7, 11) is 0. The van der Waals surface area contributed by atoms with Crippen molar-refractivity contribution in [3.05, 3.63) is 70.5 Å². The summed E-state index contributed by atoms with van der Waals surface area (Å²) >= 11 is 11.9. The first-order chi connectivity index (χ1) is 11.6. The van der Waals surface area contributed by atoms with Crippen LogP contribution in [0.1, 0.15) is 5.56 Å². The number of nitrogens with zero attached hydrogens (tertiary/aromatic N) is 2. The molecule has 0 atom stereocenters. The lowest BCUT2D eigenvalue weighted by Crippen LogP contribution is -2.08. The van der Waals surface area contributed by atoms with Crippen molar-refractivity contribution in [2.24, 2.45) is 0 Å². The molecular formula is C17H15Cl2N5. The van der Waals surface area contributed by atoms with Crippen LogP contribution >= 0.6 is 23.2 Å². The second kappa shape index (κ2) is 7.38. The first kappa shape index (κ1) is 16.4. The van der Waals surface area contributed by atoms with Crippen LogP contribution in [-0.4, -0.2) is 9.97 Å². The van der Waals surface area contributed by atoms with E-state index in [0.717, 1.165) is 11.3 Å². The standard InChI is InChI=1S/C17H15Cl2N5/c18-12-6-4-11(5-7-12)9-21-16-15(20)17(23-10-22-16)24-14-3-1-2-13(19)8-14/h1-8,10H,9,20H2,(H2,21,22,23,24). The molecule has 0 saturated carbocycles. The molecule has 3 aromatic rings. The smallest absolute Gasteiger partial charge is 0.159 e. The third-order valence-corrected chi connectivity index (χ3v) is 3.83. The van der Waals surface area contributed by atoms with E-state index in [1.807, 2.05) is 36.4 Å². The van der Waals surface area contributed by atoms with E-state index < -0.39 is 0 Å². The fraction of sp³-hybridized carbons (Fsp3) is 0.0588. The van der Waals surface area contributed by atoms with Gasteiger partial charge in [0, 0.05) is 22.3 Å². The molecular weight excluding hydrogens is 345 g/mol. The molecule has 0 bridgehead atoms. The van der Waals surface area contributed by atoms with E-state index in [1.54, 1.807) is 12.1 Å². The second-order valence-corrected chi connectivity index (χ2v) is 5.97. The number of nitrogen functional groups attached to an aromatic ring is 1. The van der Waals surface area contributed by atoms with Gasteiger partial charge in [-0.15, -0.1) is 0 Å². The molecule has 5 nitrogen and oxygen atoms in total. The third-order valence-electron chi connectivity index (χ3n) is 3.34. The lowest BCUT2D eigenvalue weighted by molar-refractivity contribution is 1.09. The molecule has 0 saturated heterocycles. The minimum absolute atomic E-state index is 0.437.